The molecule has 0 aliphatic carbocycles. The predicted molar refractivity (Wildman–Crippen MR) is 117 cm³/mol. The summed E-state index contributed by atoms with van der Waals surface area (Å²) in [7, 11) is 0. The summed E-state index contributed by atoms with van der Waals surface area (Å²) in [6.45, 7) is 0. The summed E-state index contributed by atoms with van der Waals surface area (Å²) in [5.41, 5.74) is 3.01. The summed E-state index contributed by atoms with van der Waals surface area (Å²) in [6, 6.07) is 18.1. The second kappa shape index (κ2) is 8.18. The Labute approximate surface area is 179 Å². The monoisotopic (exact) mass is 469 g/mol. The first-order valence-corrected chi connectivity index (χ1v) is 10.4. The van der Waals surface area contributed by atoms with Crippen LogP contribution < -0.4 is 5.32 Å². The number of anilines is 1. The van der Waals surface area contributed by atoms with Gasteiger partial charge in [-0.1, -0.05) is 30.3 Å². The van der Waals surface area contributed by atoms with Gasteiger partial charge in [-0.25, -0.2) is 4.98 Å². The number of fused-ring (bicyclic) bond motifs is 1. The highest BCUT2D eigenvalue weighted by Gasteiger charge is 2.20. The number of carboxylic acids is 1. The molecule has 8 heteroatoms. The van der Waals surface area contributed by atoms with Gasteiger partial charge in [0, 0.05) is 5.69 Å². The van der Waals surface area contributed by atoms with Crippen LogP contribution in [0.4, 0.5) is 5.69 Å². The minimum Gasteiger partial charge on any atom is -0.481 e. The fourth-order valence-corrected chi connectivity index (χ4v) is 4.49. The summed E-state index contributed by atoms with van der Waals surface area (Å²) in [5.74, 6) is -1.07. The maximum Gasteiger partial charge on any atom is 0.305 e. The number of aromatic nitrogens is 2. The van der Waals surface area contributed by atoms with Crippen LogP contribution in [0.1, 0.15) is 27.7 Å². The molecule has 0 aliphatic rings. The summed E-state index contributed by atoms with van der Waals surface area (Å²) in [5, 5.41) is 12.3. The Morgan fingerprint density at radius 3 is 2.62 bits per heavy atom. The highest BCUT2D eigenvalue weighted by molar-refractivity contribution is 9.11. The molecule has 0 radical (unpaired) electrons. The second-order valence-corrected chi connectivity index (χ2v) is 8.90. The van der Waals surface area contributed by atoms with Crippen molar-refractivity contribution in [3.8, 4) is 0 Å². The van der Waals surface area contributed by atoms with Gasteiger partial charge in [-0.05, 0) is 51.8 Å². The van der Waals surface area contributed by atoms with Gasteiger partial charge in [0.1, 0.15) is 0 Å². The molecule has 4 aromatic rings. The molecule has 1 unspecified atom stereocenters. The number of nitrogens with one attached hydrogen (secondary N) is 1. The molecule has 1 amide bonds. The zero-order chi connectivity index (χ0) is 20.4. The number of benzene rings is 2. The Balaban J connectivity index is 1.65. The lowest BCUT2D eigenvalue weighted by atomic mass is 10.0. The van der Waals surface area contributed by atoms with Crippen molar-refractivity contribution in [2.45, 2.75) is 12.5 Å². The molecule has 0 aliphatic heterocycles. The molecule has 2 aromatic carbocycles. The number of aliphatic carboxylic acids is 1. The van der Waals surface area contributed by atoms with Crippen LogP contribution in [0.3, 0.4) is 0 Å². The van der Waals surface area contributed by atoms with Crippen LogP contribution in [0, 0.1) is 0 Å². The van der Waals surface area contributed by atoms with Gasteiger partial charge in [-0.15, -0.1) is 11.3 Å². The maximum atomic E-state index is 12.4. The van der Waals surface area contributed by atoms with E-state index in [2.05, 4.69) is 26.2 Å². The van der Waals surface area contributed by atoms with E-state index in [1.165, 1.54) is 11.3 Å². The minimum atomic E-state index is -0.883. The highest BCUT2D eigenvalue weighted by atomic mass is 79.9. The molecule has 2 aromatic heterocycles. The maximum absolute atomic E-state index is 12.4. The van der Waals surface area contributed by atoms with Crippen molar-refractivity contribution in [3.05, 3.63) is 81.2 Å². The molecular weight excluding hydrogens is 454 g/mol. The smallest absolute Gasteiger partial charge is 0.305 e. The number of carbonyl (C=O) groups excluding carboxylic acids is 1. The molecule has 29 heavy (non-hydrogen) atoms. The summed E-state index contributed by atoms with van der Waals surface area (Å²) >= 11 is 4.71. The number of imidazole rings is 1. The summed E-state index contributed by atoms with van der Waals surface area (Å²) in [6.07, 6.45) is 1.59. The second-order valence-electron chi connectivity index (χ2n) is 6.44. The molecule has 2 N–H and O–H groups in total. The molecule has 0 spiro atoms. The Kier molecular flexibility index (Phi) is 5.46. The lowest BCUT2D eigenvalue weighted by Crippen LogP contribution is -2.14. The molecule has 146 valence electrons. The zero-order valence-electron chi connectivity index (χ0n) is 15.1. The average Bonchev–Trinajstić information content (AvgIpc) is 3.33. The lowest BCUT2D eigenvalue weighted by Gasteiger charge is -2.18. The third-order valence-electron chi connectivity index (χ3n) is 4.52. The molecule has 0 saturated carbocycles. The molecule has 1 atom stereocenters. The van der Waals surface area contributed by atoms with E-state index in [1.54, 1.807) is 24.5 Å². The van der Waals surface area contributed by atoms with E-state index in [9.17, 15) is 14.7 Å². The Bertz CT molecular complexity index is 1190. The fourth-order valence-electron chi connectivity index (χ4n) is 3.20. The molecule has 4 rings (SSSR count). The third-order valence-corrected chi connectivity index (χ3v) is 6.14. The number of amides is 1. The quantitative estimate of drug-likeness (QED) is 0.407. The Morgan fingerprint density at radius 1 is 1.14 bits per heavy atom. The van der Waals surface area contributed by atoms with Crippen molar-refractivity contribution < 1.29 is 14.7 Å². The number of rotatable bonds is 6. The molecule has 6 nitrogen and oxygen atoms in total. The van der Waals surface area contributed by atoms with Gasteiger partial charge < -0.3 is 15.0 Å². The molecule has 0 fully saturated rings. The number of carboxylic acid groups (broad SMARTS) is 1. The minimum absolute atomic E-state index is 0.0543. The first-order valence-electron chi connectivity index (χ1n) is 8.81. The van der Waals surface area contributed by atoms with Crippen LogP contribution in [0.25, 0.3) is 11.0 Å². The van der Waals surface area contributed by atoms with Gasteiger partial charge in [0.25, 0.3) is 5.91 Å². The Hall–Kier alpha value is -2.97. The number of hydrogen-bond donors (Lipinski definition) is 2. The first-order chi connectivity index (χ1) is 14.0. The predicted octanol–water partition coefficient (Wildman–Crippen LogP) is 5.18. The number of halogens is 1. The largest absolute Gasteiger partial charge is 0.481 e. The number of nitrogens with zero attached hydrogens (tertiary/aromatic N) is 2. The summed E-state index contributed by atoms with van der Waals surface area (Å²) < 4.78 is 2.75. The van der Waals surface area contributed by atoms with Gasteiger partial charge in [0.05, 0.1) is 38.5 Å². The van der Waals surface area contributed by atoms with E-state index in [0.29, 0.717) is 16.1 Å². The standard InChI is InChI=1S/C21H16BrN3O3S/c22-19-9-8-18(29-19)21(28)24-14-6-7-16-15(10-14)23-12-25(16)17(11-20(26)27)13-4-2-1-3-5-13/h1-10,12,17H,11H2,(H,24,28)(H,26,27). The number of carbonyl (C=O) groups is 2. The van der Waals surface area contributed by atoms with Crippen LogP contribution in [0.15, 0.2) is 70.8 Å². The average molecular weight is 470 g/mol. The van der Waals surface area contributed by atoms with Gasteiger partial charge in [0.2, 0.25) is 0 Å². The summed E-state index contributed by atoms with van der Waals surface area (Å²) in [4.78, 5) is 28.8. The van der Waals surface area contributed by atoms with Crippen molar-refractivity contribution in [1.29, 1.82) is 0 Å². The van der Waals surface area contributed by atoms with Crippen molar-refractivity contribution in [1.82, 2.24) is 9.55 Å². The molecule has 0 bridgehead atoms. The van der Waals surface area contributed by atoms with Crippen LogP contribution >= 0.6 is 27.3 Å². The van der Waals surface area contributed by atoms with Gasteiger partial charge in [0.15, 0.2) is 0 Å². The number of hydrogen-bond acceptors (Lipinski definition) is 4. The zero-order valence-corrected chi connectivity index (χ0v) is 17.5. The van der Waals surface area contributed by atoms with E-state index < -0.39 is 5.97 Å². The van der Waals surface area contributed by atoms with Crippen molar-refractivity contribution in [2.75, 3.05) is 5.32 Å². The van der Waals surface area contributed by atoms with Crippen molar-refractivity contribution in [3.63, 3.8) is 0 Å². The van der Waals surface area contributed by atoms with Crippen LogP contribution in [-0.4, -0.2) is 26.5 Å². The van der Waals surface area contributed by atoms with Gasteiger partial charge in [-0.3, -0.25) is 9.59 Å². The van der Waals surface area contributed by atoms with Crippen LogP contribution in [0.2, 0.25) is 0 Å². The van der Waals surface area contributed by atoms with E-state index in [1.807, 2.05) is 47.0 Å². The van der Waals surface area contributed by atoms with E-state index in [-0.39, 0.29) is 18.4 Å². The third kappa shape index (κ3) is 4.23. The number of thiophene rings is 1. The highest BCUT2D eigenvalue weighted by Crippen LogP contribution is 2.28. The van der Waals surface area contributed by atoms with E-state index >= 15 is 0 Å². The fraction of sp³-hybridized carbons (Fsp3) is 0.0952. The Morgan fingerprint density at radius 2 is 1.93 bits per heavy atom. The van der Waals surface area contributed by atoms with Crippen LogP contribution in [-0.2, 0) is 4.79 Å². The van der Waals surface area contributed by atoms with Crippen molar-refractivity contribution >= 4 is 55.9 Å². The molecule has 0 saturated heterocycles. The van der Waals surface area contributed by atoms with Crippen LogP contribution in [0.5, 0.6) is 0 Å². The first kappa shape index (κ1) is 19.4. The SMILES string of the molecule is O=C(O)CC(c1ccccc1)n1cnc2cc(NC(=O)c3ccc(Br)s3)ccc21. The van der Waals surface area contributed by atoms with Gasteiger partial charge in [-0.2, -0.15) is 0 Å². The topological polar surface area (TPSA) is 84.2 Å². The van der Waals surface area contributed by atoms with Gasteiger partial charge >= 0.3 is 5.97 Å². The van der Waals surface area contributed by atoms with E-state index in [4.69, 9.17) is 0 Å². The normalized spacial score (nSPS) is 12.0. The molecule has 2 heterocycles. The molecular formula is C21H16BrN3O3S. The lowest BCUT2D eigenvalue weighted by molar-refractivity contribution is -0.137. The van der Waals surface area contributed by atoms with E-state index in [0.717, 1.165) is 14.9 Å². The van der Waals surface area contributed by atoms with Crippen molar-refractivity contribution in [2.24, 2.45) is 0 Å².